The van der Waals surface area contributed by atoms with Gasteiger partial charge in [0.25, 0.3) is 11.8 Å². The molecular formula is C25H24N2O4S. The second kappa shape index (κ2) is 9.87. The van der Waals surface area contributed by atoms with Gasteiger partial charge < -0.3 is 9.15 Å². The largest absolute Gasteiger partial charge is 0.493 e. The summed E-state index contributed by atoms with van der Waals surface area (Å²) < 4.78 is 11.2. The number of carbonyl (C=O) groups excluding carboxylic acids is 2. The molecule has 3 heterocycles. The summed E-state index contributed by atoms with van der Waals surface area (Å²) in [6, 6.07) is 14.6. The molecule has 0 unspecified atom stereocenters. The monoisotopic (exact) mass is 448 g/mol. The molecule has 1 aliphatic heterocycles. The van der Waals surface area contributed by atoms with Crippen molar-refractivity contribution in [3.63, 3.8) is 0 Å². The summed E-state index contributed by atoms with van der Waals surface area (Å²) in [6.07, 6.45) is 4.92. The average molecular weight is 449 g/mol. The minimum Gasteiger partial charge on any atom is -0.493 e. The van der Waals surface area contributed by atoms with Crippen LogP contribution in [0.2, 0.25) is 0 Å². The standard InChI is InChI=1S/C25H24N2O4S/c1-17(2)15-31-20-9-7-19(8-10-20)22-23(32-16-21-6-4-12-30-21)25(29)27(24(22)28)14-18-5-3-11-26-13-18/h3-13,17H,14-16H2,1-2H3. The van der Waals surface area contributed by atoms with Crippen molar-refractivity contribution in [3.05, 3.63) is 89.0 Å². The van der Waals surface area contributed by atoms with Crippen LogP contribution in [0.3, 0.4) is 0 Å². The quantitative estimate of drug-likeness (QED) is 0.433. The number of ether oxygens (including phenoxy) is 1. The van der Waals surface area contributed by atoms with Crippen LogP contribution in [0.1, 0.15) is 30.7 Å². The van der Waals surface area contributed by atoms with E-state index in [1.807, 2.05) is 36.4 Å². The lowest BCUT2D eigenvalue weighted by Gasteiger charge is -2.15. The molecule has 0 bridgehead atoms. The molecule has 4 rings (SSSR count). The van der Waals surface area contributed by atoms with Gasteiger partial charge in [-0.2, -0.15) is 0 Å². The highest BCUT2D eigenvalue weighted by Crippen LogP contribution is 2.38. The predicted molar refractivity (Wildman–Crippen MR) is 123 cm³/mol. The van der Waals surface area contributed by atoms with Crippen molar-refractivity contribution in [3.8, 4) is 5.75 Å². The van der Waals surface area contributed by atoms with Crippen molar-refractivity contribution in [2.45, 2.75) is 26.1 Å². The highest BCUT2D eigenvalue weighted by molar-refractivity contribution is 8.03. The fourth-order valence-corrected chi connectivity index (χ4v) is 4.31. The van der Waals surface area contributed by atoms with E-state index in [9.17, 15) is 9.59 Å². The summed E-state index contributed by atoms with van der Waals surface area (Å²) in [5.41, 5.74) is 1.89. The molecule has 0 fully saturated rings. The highest BCUT2D eigenvalue weighted by atomic mass is 32.2. The van der Waals surface area contributed by atoms with Crippen molar-refractivity contribution in [1.82, 2.24) is 9.88 Å². The van der Waals surface area contributed by atoms with Gasteiger partial charge in [0.2, 0.25) is 0 Å². The van der Waals surface area contributed by atoms with Crippen molar-refractivity contribution < 1.29 is 18.7 Å². The molecule has 0 saturated heterocycles. The number of hydrogen-bond donors (Lipinski definition) is 0. The Labute approximate surface area is 191 Å². The summed E-state index contributed by atoms with van der Waals surface area (Å²) in [5.74, 6) is 1.74. The lowest BCUT2D eigenvalue weighted by Crippen LogP contribution is -2.31. The summed E-state index contributed by atoms with van der Waals surface area (Å²) in [6.45, 7) is 4.96. The fourth-order valence-electron chi connectivity index (χ4n) is 3.28. The third-order valence-corrected chi connectivity index (χ3v) is 5.95. The van der Waals surface area contributed by atoms with Crippen LogP contribution in [0.5, 0.6) is 5.75 Å². The zero-order valence-corrected chi connectivity index (χ0v) is 18.8. The van der Waals surface area contributed by atoms with Crippen molar-refractivity contribution in [1.29, 1.82) is 0 Å². The van der Waals surface area contributed by atoms with Crippen LogP contribution < -0.4 is 4.74 Å². The van der Waals surface area contributed by atoms with Crippen LogP contribution in [0.15, 0.2) is 76.5 Å². The molecule has 0 N–H and O–H groups in total. The van der Waals surface area contributed by atoms with Gasteiger partial charge in [-0.1, -0.05) is 32.0 Å². The van der Waals surface area contributed by atoms with Gasteiger partial charge >= 0.3 is 0 Å². The first kappa shape index (κ1) is 21.9. The van der Waals surface area contributed by atoms with E-state index >= 15 is 0 Å². The topological polar surface area (TPSA) is 72.6 Å². The van der Waals surface area contributed by atoms with Crippen LogP contribution >= 0.6 is 11.8 Å². The minimum atomic E-state index is -0.309. The smallest absolute Gasteiger partial charge is 0.268 e. The van der Waals surface area contributed by atoms with Crippen LogP contribution in [0.25, 0.3) is 5.57 Å². The first-order chi connectivity index (χ1) is 15.5. The number of pyridine rings is 1. The van der Waals surface area contributed by atoms with E-state index in [2.05, 4.69) is 18.8 Å². The second-order valence-electron chi connectivity index (χ2n) is 7.86. The van der Waals surface area contributed by atoms with E-state index in [-0.39, 0.29) is 18.4 Å². The molecule has 6 nitrogen and oxygen atoms in total. The summed E-state index contributed by atoms with van der Waals surface area (Å²) in [4.78, 5) is 32.4. The number of hydrogen-bond acceptors (Lipinski definition) is 6. The average Bonchev–Trinajstić information content (AvgIpc) is 3.40. The van der Waals surface area contributed by atoms with E-state index in [1.54, 1.807) is 30.8 Å². The number of benzene rings is 1. The molecule has 0 aliphatic carbocycles. The van der Waals surface area contributed by atoms with E-state index in [0.717, 1.165) is 17.1 Å². The van der Waals surface area contributed by atoms with Crippen LogP contribution in [0.4, 0.5) is 0 Å². The van der Waals surface area contributed by atoms with Crippen molar-refractivity contribution >= 4 is 29.1 Å². The maximum absolute atomic E-state index is 13.4. The molecular weight excluding hydrogens is 424 g/mol. The van der Waals surface area contributed by atoms with Crippen LogP contribution in [0, 0.1) is 5.92 Å². The number of thioether (sulfide) groups is 1. The molecule has 3 aromatic rings. The summed E-state index contributed by atoms with van der Waals surface area (Å²) in [5, 5.41) is 0. The molecule has 1 aromatic carbocycles. The van der Waals surface area contributed by atoms with Crippen LogP contribution in [-0.2, 0) is 21.9 Å². The Morgan fingerprint density at radius 1 is 1.06 bits per heavy atom. The van der Waals surface area contributed by atoms with Crippen LogP contribution in [-0.4, -0.2) is 28.3 Å². The third-order valence-electron chi connectivity index (χ3n) is 4.85. The highest BCUT2D eigenvalue weighted by Gasteiger charge is 2.39. The Hall–Kier alpha value is -3.32. The maximum atomic E-state index is 13.4. The maximum Gasteiger partial charge on any atom is 0.268 e. The van der Waals surface area contributed by atoms with Gasteiger partial charge in [0.05, 0.1) is 35.6 Å². The third kappa shape index (κ3) is 4.94. The SMILES string of the molecule is CC(C)COc1ccc(C2=C(SCc3ccco3)C(=O)N(Cc3cccnc3)C2=O)cc1. The first-order valence-electron chi connectivity index (χ1n) is 10.4. The van der Waals surface area contributed by atoms with Gasteiger partial charge in [0.1, 0.15) is 11.5 Å². The molecule has 7 heteroatoms. The zero-order chi connectivity index (χ0) is 22.5. The molecule has 0 atom stereocenters. The molecule has 1 aliphatic rings. The molecule has 2 amide bonds. The lowest BCUT2D eigenvalue weighted by molar-refractivity contribution is -0.137. The number of carbonyl (C=O) groups is 2. The zero-order valence-electron chi connectivity index (χ0n) is 18.0. The van der Waals surface area contributed by atoms with E-state index in [0.29, 0.717) is 34.3 Å². The molecule has 2 aromatic heterocycles. The Kier molecular flexibility index (Phi) is 6.75. The van der Waals surface area contributed by atoms with E-state index in [1.165, 1.54) is 16.7 Å². The second-order valence-corrected chi connectivity index (χ2v) is 8.84. The lowest BCUT2D eigenvalue weighted by atomic mass is 10.1. The van der Waals surface area contributed by atoms with Crippen molar-refractivity contribution in [2.75, 3.05) is 6.61 Å². The molecule has 0 spiro atoms. The van der Waals surface area contributed by atoms with Gasteiger partial charge in [-0.15, -0.1) is 11.8 Å². The molecule has 0 saturated carbocycles. The van der Waals surface area contributed by atoms with Gasteiger partial charge in [-0.05, 0) is 47.4 Å². The first-order valence-corrected chi connectivity index (χ1v) is 11.4. The number of imide groups is 1. The number of amides is 2. The van der Waals surface area contributed by atoms with Gasteiger partial charge in [0, 0.05) is 12.4 Å². The predicted octanol–water partition coefficient (Wildman–Crippen LogP) is 4.92. The fraction of sp³-hybridized carbons (Fsp3) is 0.240. The molecule has 164 valence electrons. The molecule has 32 heavy (non-hydrogen) atoms. The Balaban J connectivity index is 1.62. The molecule has 0 radical (unpaired) electrons. The number of furan rings is 1. The normalized spacial score (nSPS) is 14.0. The summed E-state index contributed by atoms with van der Waals surface area (Å²) in [7, 11) is 0. The Morgan fingerprint density at radius 3 is 2.53 bits per heavy atom. The van der Waals surface area contributed by atoms with Gasteiger partial charge in [-0.25, -0.2) is 0 Å². The van der Waals surface area contributed by atoms with E-state index in [4.69, 9.17) is 9.15 Å². The number of rotatable bonds is 9. The Bertz CT molecular complexity index is 1110. The number of aromatic nitrogens is 1. The van der Waals surface area contributed by atoms with Gasteiger partial charge in [-0.3, -0.25) is 19.5 Å². The summed E-state index contributed by atoms with van der Waals surface area (Å²) >= 11 is 1.32. The van der Waals surface area contributed by atoms with Gasteiger partial charge in [0.15, 0.2) is 0 Å². The number of nitrogens with zero attached hydrogens (tertiary/aromatic N) is 2. The Morgan fingerprint density at radius 2 is 1.88 bits per heavy atom. The van der Waals surface area contributed by atoms with E-state index < -0.39 is 0 Å². The van der Waals surface area contributed by atoms with Crippen molar-refractivity contribution in [2.24, 2.45) is 5.92 Å². The minimum absolute atomic E-state index is 0.176.